The SMILES string of the molecule is CC(CC(=O)N1CCOCC1)[B-](F)(F)F.[K+]. The van der Waals surface area contributed by atoms with Gasteiger partial charge in [0.05, 0.1) is 13.2 Å². The summed E-state index contributed by atoms with van der Waals surface area (Å²) in [6, 6.07) is 0. The van der Waals surface area contributed by atoms with Gasteiger partial charge in [0.15, 0.2) is 0 Å². The van der Waals surface area contributed by atoms with Gasteiger partial charge < -0.3 is 22.6 Å². The van der Waals surface area contributed by atoms with Gasteiger partial charge in [-0.05, 0) is 0 Å². The third-order valence-corrected chi connectivity index (χ3v) is 2.51. The Morgan fingerprint density at radius 1 is 1.38 bits per heavy atom. The molecule has 16 heavy (non-hydrogen) atoms. The number of amides is 1. The van der Waals surface area contributed by atoms with E-state index < -0.39 is 25.1 Å². The van der Waals surface area contributed by atoms with Crippen molar-refractivity contribution >= 4 is 12.9 Å². The number of carbonyl (C=O) groups excluding carboxylic acids is 1. The fourth-order valence-electron chi connectivity index (χ4n) is 1.35. The summed E-state index contributed by atoms with van der Waals surface area (Å²) in [4.78, 5) is 12.9. The van der Waals surface area contributed by atoms with Gasteiger partial charge in [0.25, 0.3) is 0 Å². The quantitative estimate of drug-likeness (QED) is 0.579. The summed E-state index contributed by atoms with van der Waals surface area (Å²) < 4.78 is 41.7. The smallest absolute Gasteiger partial charge is 0.449 e. The molecule has 0 N–H and O–H groups in total. The van der Waals surface area contributed by atoms with Gasteiger partial charge in [0.2, 0.25) is 5.91 Å². The zero-order valence-corrected chi connectivity index (χ0v) is 12.7. The Kier molecular flexibility index (Phi) is 7.80. The van der Waals surface area contributed by atoms with E-state index in [9.17, 15) is 17.7 Å². The van der Waals surface area contributed by atoms with Crippen LogP contribution in [-0.4, -0.2) is 44.1 Å². The van der Waals surface area contributed by atoms with E-state index in [2.05, 4.69) is 0 Å². The molecule has 0 aromatic rings. The standard InChI is InChI=1S/C8H14BF3NO2.K/c1-7(9(10,11)12)6-8(14)13-2-4-15-5-3-13;/h7H,2-6H2,1H3;/q-1;+1. The van der Waals surface area contributed by atoms with E-state index >= 15 is 0 Å². The second-order valence-electron chi connectivity index (χ2n) is 3.80. The Labute approximate surface area is 136 Å². The first kappa shape index (κ1) is 16.9. The first-order valence-electron chi connectivity index (χ1n) is 4.96. The van der Waals surface area contributed by atoms with Crippen molar-refractivity contribution in [1.82, 2.24) is 4.90 Å². The number of hydrogen-bond acceptors (Lipinski definition) is 2. The molecule has 8 heteroatoms. The van der Waals surface area contributed by atoms with E-state index in [-0.39, 0.29) is 51.4 Å². The molecule has 1 aliphatic rings. The van der Waals surface area contributed by atoms with Gasteiger partial charge in [0, 0.05) is 19.5 Å². The van der Waals surface area contributed by atoms with Crippen molar-refractivity contribution in [3.63, 3.8) is 0 Å². The number of hydrogen-bond donors (Lipinski definition) is 0. The van der Waals surface area contributed by atoms with Crippen molar-refractivity contribution < 1.29 is 73.9 Å². The van der Waals surface area contributed by atoms with Crippen molar-refractivity contribution in [3.8, 4) is 0 Å². The summed E-state index contributed by atoms with van der Waals surface area (Å²) >= 11 is 0. The molecule has 1 saturated heterocycles. The minimum absolute atomic E-state index is 0. The van der Waals surface area contributed by atoms with Crippen LogP contribution in [0, 0.1) is 0 Å². The maximum Gasteiger partial charge on any atom is 1.00 e. The van der Waals surface area contributed by atoms with Crippen LogP contribution >= 0.6 is 0 Å². The molecular weight excluding hydrogens is 249 g/mol. The van der Waals surface area contributed by atoms with Gasteiger partial charge >= 0.3 is 58.4 Å². The predicted molar refractivity (Wildman–Crippen MR) is 50.5 cm³/mol. The predicted octanol–water partition coefficient (Wildman–Crippen LogP) is -1.52. The van der Waals surface area contributed by atoms with Crippen LogP contribution < -0.4 is 51.4 Å². The average Bonchev–Trinajstić information content (AvgIpc) is 2.17. The summed E-state index contributed by atoms with van der Waals surface area (Å²) in [5.74, 6) is -1.94. The van der Waals surface area contributed by atoms with Gasteiger partial charge in [-0.3, -0.25) is 4.79 Å². The molecule has 0 spiro atoms. The number of carbonyl (C=O) groups is 1. The van der Waals surface area contributed by atoms with Crippen LogP contribution in [0.2, 0.25) is 5.82 Å². The second kappa shape index (κ2) is 7.38. The largest absolute Gasteiger partial charge is 1.00 e. The van der Waals surface area contributed by atoms with Gasteiger partial charge in [0.1, 0.15) is 0 Å². The third kappa shape index (κ3) is 5.50. The number of morpholine rings is 1. The van der Waals surface area contributed by atoms with E-state index in [4.69, 9.17) is 4.74 Å². The molecule has 3 nitrogen and oxygen atoms in total. The van der Waals surface area contributed by atoms with E-state index in [0.29, 0.717) is 26.3 Å². The number of rotatable bonds is 3. The summed E-state index contributed by atoms with van der Waals surface area (Å²) in [5, 5.41) is 0. The van der Waals surface area contributed by atoms with Crippen molar-refractivity contribution in [1.29, 1.82) is 0 Å². The second-order valence-corrected chi connectivity index (χ2v) is 3.80. The Bertz CT molecular complexity index is 234. The van der Waals surface area contributed by atoms with Gasteiger partial charge in [-0.2, -0.15) is 0 Å². The van der Waals surface area contributed by atoms with Crippen molar-refractivity contribution in [3.05, 3.63) is 0 Å². The summed E-state index contributed by atoms with van der Waals surface area (Å²) in [6.45, 7) is -2.23. The van der Waals surface area contributed by atoms with E-state index in [1.807, 2.05) is 0 Å². The maximum absolute atomic E-state index is 12.2. The molecular formula is C8H14BF3KNO2. The monoisotopic (exact) mass is 263 g/mol. The Morgan fingerprint density at radius 3 is 2.31 bits per heavy atom. The molecule has 1 aliphatic heterocycles. The first-order valence-corrected chi connectivity index (χ1v) is 4.96. The van der Waals surface area contributed by atoms with Crippen LogP contribution in [0.4, 0.5) is 12.9 Å². The maximum atomic E-state index is 12.2. The zero-order valence-electron chi connectivity index (χ0n) is 9.59. The fourth-order valence-corrected chi connectivity index (χ4v) is 1.35. The van der Waals surface area contributed by atoms with E-state index in [0.717, 1.165) is 6.92 Å². The van der Waals surface area contributed by atoms with Gasteiger partial charge in [-0.15, -0.1) is 0 Å². The fraction of sp³-hybridized carbons (Fsp3) is 0.875. The van der Waals surface area contributed by atoms with Crippen LogP contribution in [0.3, 0.4) is 0 Å². The van der Waals surface area contributed by atoms with Crippen molar-refractivity contribution in [2.45, 2.75) is 19.2 Å². The Hall–Kier alpha value is 0.921. The Balaban J connectivity index is 0.00000225. The summed E-state index contributed by atoms with van der Waals surface area (Å²) in [7, 11) is 0. The van der Waals surface area contributed by atoms with E-state index in [1.54, 1.807) is 0 Å². The van der Waals surface area contributed by atoms with Gasteiger partial charge in [-0.25, -0.2) is 0 Å². The van der Waals surface area contributed by atoms with Crippen molar-refractivity contribution in [2.75, 3.05) is 26.3 Å². The topological polar surface area (TPSA) is 29.5 Å². The first-order chi connectivity index (χ1) is 6.91. The molecule has 1 heterocycles. The number of ether oxygens (including phenoxy) is 1. The molecule has 1 fully saturated rings. The molecule has 0 aromatic carbocycles. The number of halogens is 3. The summed E-state index contributed by atoms with van der Waals surface area (Å²) in [5.41, 5.74) is 0. The van der Waals surface area contributed by atoms with Crippen LogP contribution in [0.25, 0.3) is 0 Å². The molecule has 0 saturated carbocycles. The molecule has 1 rings (SSSR count). The minimum atomic E-state index is -4.91. The van der Waals surface area contributed by atoms with E-state index in [1.165, 1.54) is 4.90 Å². The summed E-state index contributed by atoms with van der Waals surface area (Å²) in [6.07, 6.45) is -0.441. The minimum Gasteiger partial charge on any atom is -0.449 e. The molecule has 0 radical (unpaired) electrons. The number of nitrogens with zero attached hydrogens (tertiary/aromatic N) is 1. The zero-order chi connectivity index (χ0) is 11.5. The third-order valence-electron chi connectivity index (χ3n) is 2.51. The molecule has 0 aromatic heterocycles. The molecule has 1 unspecified atom stereocenters. The van der Waals surface area contributed by atoms with Gasteiger partial charge in [-0.1, -0.05) is 12.7 Å². The van der Waals surface area contributed by atoms with Crippen molar-refractivity contribution in [2.24, 2.45) is 0 Å². The van der Waals surface area contributed by atoms with Crippen LogP contribution in [-0.2, 0) is 9.53 Å². The molecule has 0 aliphatic carbocycles. The van der Waals surface area contributed by atoms with Crippen LogP contribution in [0.1, 0.15) is 13.3 Å². The molecule has 1 atom stereocenters. The molecule has 0 bridgehead atoms. The molecule has 88 valence electrons. The van der Waals surface area contributed by atoms with Crippen LogP contribution in [0.15, 0.2) is 0 Å². The average molecular weight is 263 g/mol. The normalized spacial score (nSPS) is 18.9. The molecule has 1 amide bonds. The Morgan fingerprint density at radius 2 is 1.88 bits per heavy atom. The van der Waals surface area contributed by atoms with Crippen LogP contribution in [0.5, 0.6) is 0 Å².